The molecule has 1 rings (SSSR count). The lowest BCUT2D eigenvalue weighted by atomic mass is 10.0. The fraction of sp³-hybridized carbons (Fsp3) is 0.474. The van der Waals surface area contributed by atoms with Gasteiger partial charge in [-0.2, -0.15) is 0 Å². The van der Waals surface area contributed by atoms with Crippen LogP contribution >= 0.6 is 0 Å². The van der Waals surface area contributed by atoms with Crippen LogP contribution in [0.2, 0.25) is 0 Å². The predicted octanol–water partition coefficient (Wildman–Crippen LogP) is 3.25. The highest BCUT2D eigenvalue weighted by Crippen LogP contribution is 2.12. The summed E-state index contributed by atoms with van der Waals surface area (Å²) in [5.41, 5.74) is 0. The molecule has 0 saturated heterocycles. The van der Waals surface area contributed by atoms with Gasteiger partial charge in [-0.3, -0.25) is 4.79 Å². The summed E-state index contributed by atoms with van der Waals surface area (Å²) in [4.78, 5) is 40.4. The zero-order chi connectivity index (χ0) is 20.4. The van der Waals surface area contributed by atoms with Gasteiger partial charge in [0.15, 0.2) is 0 Å². The summed E-state index contributed by atoms with van der Waals surface area (Å²) in [6.45, 7) is 12.7. The lowest BCUT2D eigenvalue weighted by Gasteiger charge is -2.13. The van der Waals surface area contributed by atoms with Crippen molar-refractivity contribution in [3.8, 4) is 0 Å². The maximum atomic E-state index is 10.8. The third-order valence-corrected chi connectivity index (χ3v) is 2.98. The minimum absolute atomic E-state index is 0.310. The van der Waals surface area contributed by atoms with Crippen molar-refractivity contribution in [2.24, 2.45) is 5.92 Å². The molecule has 7 nitrogen and oxygen atoms in total. The Hall–Kier alpha value is -2.70. The van der Waals surface area contributed by atoms with E-state index in [1.54, 1.807) is 0 Å². The van der Waals surface area contributed by atoms with Crippen LogP contribution in [0.4, 0.5) is 0 Å². The average molecular weight is 368 g/mol. The number of hydrogen-bond donors (Lipinski definition) is 0. The van der Waals surface area contributed by atoms with E-state index in [0.29, 0.717) is 12.5 Å². The number of esters is 4. The molecule has 1 atom stereocenters. The fourth-order valence-electron chi connectivity index (χ4n) is 1.58. The standard InChI is InChI=1S/C11H20O2.C4H2O3.C4H6O2/c1-4-7-8-10(5-2)9-13-11(12)6-3;5-3-1-2-4(6)7-3;1-3-6-4(2)5/h6,10H,3-5,7-9H2,1-2H3;1-2H;3H,1H2,2H3. The SMILES string of the molecule is C=CC(=O)OCC(CC)CCCC.C=COC(C)=O.O=C1C=CC(=O)O1. The van der Waals surface area contributed by atoms with E-state index < -0.39 is 11.9 Å². The number of hydrogen-bond acceptors (Lipinski definition) is 7. The Morgan fingerprint density at radius 2 is 1.77 bits per heavy atom. The van der Waals surface area contributed by atoms with E-state index in [9.17, 15) is 19.2 Å². The van der Waals surface area contributed by atoms with Gasteiger partial charge in [0.1, 0.15) is 0 Å². The molecule has 0 aromatic rings. The molecule has 7 heteroatoms. The Labute approximate surface area is 154 Å². The van der Waals surface area contributed by atoms with Crippen molar-refractivity contribution >= 4 is 23.9 Å². The Morgan fingerprint density at radius 1 is 1.19 bits per heavy atom. The number of carbonyl (C=O) groups is 4. The minimum atomic E-state index is -0.579. The lowest BCUT2D eigenvalue weighted by Crippen LogP contribution is -2.12. The summed E-state index contributed by atoms with van der Waals surface area (Å²) in [6, 6.07) is 0. The molecule has 1 heterocycles. The van der Waals surface area contributed by atoms with Crippen LogP contribution < -0.4 is 0 Å². The summed E-state index contributed by atoms with van der Waals surface area (Å²) < 4.78 is 13.1. The molecule has 1 aliphatic heterocycles. The van der Waals surface area contributed by atoms with Crippen molar-refractivity contribution in [3.05, 3.63) is 37.6 Å². The summed E-state index contributed by atoms with van der Waals surface area (Å²) in [6.07, 6.45) is 9.12. The number of ether oxygens (including phenoxy) is 3. The van der Waals surface area contributed by atoms with E-state index in [0.717, 1.165) is 31.3 Å². The number of unbranched alkanes of at least 4 members (excludes halogenated alkanes) is 1. The first-order chi connectivity index (χ1) is 12.3. The van der Waals surface area contributed by atoms with Gasteiger partial charge >= 0.3 is 23.9 Å². The molecule has 146 valence electrons. The molecule has 0 aliphatic carbocycles. The molecule has 0 amide bonds. The van der Waals surface area contributed by atoms with E-state index in [2.05, 4.69) is 36.5 Å². The fourth-order valence-corrected chi connectivity index (χ4v) is 1.58. The van der Waals surface area contributed by atoms with Crippen LogP contribution in [0.15, 0.2) is 37.6 Å². The summed E-state index contributed by atoms with van der Waals surface area (Å²) in [7, 11) is 0. The molecule has 0 aromatic heterocycles. The molecule has 0 saturated carbocycles. The number of carbonyl (C=O) groups excluding carboxylic acids is 4. The van der Waals surface area contributed by atoms with Gasteiger partial charge in [0.05, 0.1) is 12.9 Å². The highest BCUT2D eigenvalue weighted by molar-refractivity contribution is 6.04. The third-order valence-electron chi connectivity index (χ3n) is 2.98. The Bertz CT molecular complexity index is 490. The molecule has 0 aromatic carbocycles. The highest BCUT2D eigenvalue weighted by atomic mass is 16.6. The number of rotatable bonds is 8. The minimum Gasteiger partial charge on any atom is -0.462 e. The van der Waals surface area contributed by atoms with Gasteiger partial charge < -0.3 is 14.2 Å². The van der Waals surface area contributed by atoms with Crippen LogP contribution in [0.5, 0.6) is 0 Å². The van der Waals surface area contributed by atoms with Gasteiger partial charge in [-0.25, -0.2) is 14.4 Å². The van der Waals surface area contributed by atoms with E-state index >= 15 is 0 Å². The van der Waals surface area contributed by atoms with Gasteiger partial charge in [0.2, 0.25) is 0 Å². The normalized spacial score (nSPS) is 12.4. The van der Waals surface area contributed by atoms with E-state index in [-0.39, 0.29) is 11.9 Å². The quantitative estimate of drug-likeness (QED) is 0.213. The van der Waals surface area contributed by atoms with Gasteiger partial charge in [0.25, 0.3) is 0 Å². The molecule has 0 radical (unpaired) electrons. The molecule has 0 spiro atoms. The highest BCUT2D eigenvalue weighted by Gasteiger charge is 2.10. The van der Waals surface area contributed by atoms with Crippen molar-refractivity contribution in [3.63, 3.8) is 0 Å². The van der Waals surface area contributed by atoms with Gasteiger partial charge in [-0.15, -0.1) is 0 Å². The molecular weight excluding hydrogens is 340 g/mol. The van der Waals surface area contributed by atoms with Crippen molar-refractivity contribution in [2.75, 3.05) is 6.61 Å². The third kappa shape index (κ3) is 17.7. The molecule has 0 fully saturated rings. The maximum absolute atomic E-state index is 10.8. The summed E-state index contributed by atoms with van der Waals surface area (Å²) in [5.74, 6) is -1.28. The van der Waals surface area contributed by atoms with Crippen molar-refractivity contribution in [2.45, 2.75) is 46.5 Å². The van der Waals surface area contributed by atoms with Gasteiger partial charge in [-0.1, -0.05) is 46.3 Å². The van der Waals surface area contributed by atoms with Crippen LogP contribution in [-0.4, -0.2) is 30.5 Å². The van der Waals surface area contributed by atoms with E-state index in [1.165, 1.54) is 25.8 Å². The molecule has 1 aliphatic rings. The Balaban J connectivity index is 0. The molecule has 0 N–H and O–H groups in total. The monoisotopic (exact) mass is 368 g/mol. The first-order valence-electron chi connectivity index (χ1n) is 8.31. The summed E-state index contributed by atoms with van der Waals surface area (Å²) >= 11 is 0. The van der Waals surface area contributed by atoms with Crippen molar-refractivity contribution in [1.82, 2.24) is 0 Å². The first-order valence-corrected chi connectivity index (χ1v) is 8.31. The second-order valence-corrected chi connectivity index (χ2v) is 5.10. The van der Waals surface area contributed by atoms with Crippen molar-refractivity contribution in [1.29, 1.82) is 0 Å². The van der Waals surface area contributed by atoms with Crippen LogP contribution in [0.25, 0.3) is 0 Å². The van der Waals surface area contributed by atoms with Crippen LogP contribution in [0, 0.1) is 5.92 Å². The van der Waals surface area contributed by atoms with Crippen LogP contribution in [0.3, 0.4) is 0 Å². The van der Waals surface area contributed by atoms with Crippen LogP contribution in [-0.2, 0) is 33.4 Å². The van der Waals surface area contributed by atoms with E-state index in [1.807, 2.05) is 0 Å². The molecular formula is C19H28O7. The zero-order valence-corrected chi connectivity index (χ0v) is 15.7. The van der Waals surface area contributed by atoms with Gasteiger partial charge in [-0.05, 0) is 12.3 Å². The Morgan fingerprint density at radius 3 is 2.04 bits per heavy atom. The molecule has 1 unspecified atom stereocenters. The maximum Gasteiger partial charge on any atom is 0.338 e. The summed E-state index contributed by atoms with van der Waals surface area (Å²) in [5, 5.41) is 0. The average Bonchev–Trinajstić information content (AvgIpc) is 2.98. The van der Waals surface area contributed by atoms with Crippen molar-refractivity contribution < 1.29 is 33.4 Å². The zero-order valence-electron chi connectivity index (χ0n) is 15.7. The van der Waals surface area contributed by atoms with E-state index in [4.69, 9.17) is 4.74 Å². The predicted molar refractivity (Wildman–Crippen MR) is 96.7 cm³/mol. The second kappa shape index (κ2) is 17.1. The molecule has 0 bridgehead atoms. The topological polar surface area (TPSA) is 96.0 Å². The van der Waals surface area contributed by atoms with Gasteiger partial charge in [0, 0.05) is 25.2 Å². The Kier molecular flexibility index (Phi) is 16.8. The lowest BCUT2D eigenvalue weighted by molar-refractivity contribution is -0.150. The largest absolute Gasteiger partial charge is 0.462 e. The number of cyclic esters (lactones) is 2. The van der Waals surface area contributed by atoms with Crippen LogP contribution in [0.1, 0.15) is 46.5 Å². The smallest absolute Gasteiger partial charge is 0.338 e. The second-order valence-electron chi connectivity index (χ2n) is 5.10. The first kappa shape index (κ1) is 25.5. The molecule has 26 heavy (non-hydrogen) atoms.